The zero-order valence-corrected chi connectivity index (χ0v) is 15.6. The fraction of sp³-hybridized carbons (Fsp3) is 0.250. The molecule has 0 radical (unpaired) electrons. The molecule has 0 N–H and O–H groups in total. The van der Waals surface area contributed by atoms with Crippen molar-refractivity contribution in [1.82, 2.24) is 4.90 Å². The van der Waals surface area contributed by atoms with Gasteiger partial charge in [-0.05, 0) is 48.7 Å². The van der Waals surface area contributed by atoms with Crippen molar-refractivity contribution in [3.05, 3.63) is 75.8 Å². The largest absolute Gasteiger partial charge is 0.497 e. The highest BCUT2D eigenvalue weighted by Crippen LogP contribution is 2.42. The van der Waals surface area contributed by atoms with Gasteiger partial charge in [0.1, 0.15) is 5.75 Å². The average Bonchev–Trinajstić information content (AvgIpc) is 2.86. The third kappa shape index (κ3) is 3.14. The lowest BCUT2D eigenvalue weighted by Gasteiger charge is -2.32. The van der Waals surface area contributed by atoms with E-state index in [1.807, 2.05) is 42.2 Å². The molecular formula is C20H19Cl2NO2. The molecule has 2 atom stereocenters. The Balaban J connectivity index is 2.04. The maximum atomic E-state index is 13.1. The Kier molecular flexibility index (Phi) is 5.07. The molecule has 2 aromatic rings. The van der Waals surface area contributed by atoms with Crippen molar-refractivity contribution in [2.45, 2.75) is 25.4 Å². The van der Waals surface area contributed by atoms with E-state index >= 15 is 0 Å². The quantitative estimate of drug-likeness (QED) is 0.614. The van der Waals surface area contributed by atoms with Crippen LogP contribution in [-0.4, -0.2) is 17.9 Å². The molecule has 1 heterocycles. The summed E-state index contributed by atoms with van der Waals surface area (Å²) in [6.45, 7) is 5.88. The van der Waals surface area contributed by atoms with Gasteiger partial charge in [-0.3, -0.25) is 4.79 Å². The highest BCUT2D eigenvalue weighted by molar-refractivity contribution is 6.42. The van der Waals surface area contributed by atoms with Gasteiger partial charge in [0.15, 0.2) is 0 Å². The predicted octanol–water partition coefficient (Wildman–Crippen LogP) is 5.84. The summed E-state index contributed by atoms with van der Waals surface area (Å²) in [4.78, 5) is 15.0. The Morgan fingerprint density at radius 3 is 2.64 bits per heavy atom. The van der Waals surface area contributed by atoms with E-state index in [0.717, 1.165) is 11.1 Å². The summed E-state index contributed by atoms with van der Waals surface area (Å²) in [5.41, 5.74) is 2.62. The number of carbonyl (C=O) groups excluding carboxylic acids is 1. The Morgan fingerprint density at radius 1 is 1.24 bits per heavy atom. The fourth-order valence-electron chi connectivity index (χ4n) is 3.38. The number of amides is 1. The third-order valence-electron chi connectivity index (χ3n) is 4.65. The van der Waals surface area contributed by atoms with Crippen molar-refractivity contribution in [2.75, 3.05) is 7.11 Å². The van der Waals surface area contributed by atoms with Crippen molar-refractivity contribution in [2.24, 2.45) is 0 Å². The standard InChI is InChI=1S/C20H19Cl2NO2/c1-4-5-19(13-6-9-17(21)18(22)10-13)23-12(2)15-8-7-14(25-3)11-16(15)20(23)24/h4,6-12,19H,1,5H2,2-3H3. The SMILES string of the molecule is C=CCC(c1ccc(Cl)c(Cl)c1)N1C(=O)c2cc(OC)ccc2C1C. The first kappa shape index (κ1) is 17.8. The molecule has 3 nitrogen and oxygen atoms in total. The summed E-state index contributed by atoms with van der Waals surface area (Å²) in [6, 6.07) is 10.9. The Bertz CT molecular complexity index is 834. The first-order valence-electron chi connectivity index (χ1n) is 8.04. The molecular weight excluding hydrogens is 357 g/mol. The summed E-state index contributed by atoms with van der Waals surface area (Å²) in [5, 5.41) is 0.975. The van der Waals surface area contributed by atoms with Gasteiger partial charge in [-0.1, -0.05) is 41.4 Å². The average molecular weight is 376 g/mol. The van der Waals surface area contributed by atoms with Crippen LogP contribution in [0.4, 0.5) is 0 Å². The number of ether oxygens (including phenoxy) is 1. The van der Waals surface area contributed by atoms with E-state index in [1.165, 1.54) is 0 Å². The van der Waals surface area contributed by atoms with Crippen molar-refractivity contribution in [1.29, 1.82) is 0 Å². The zero-order chi connectivity index (χ0) is 18.1. The fourth-order valence-corrected chi connectivity index (χ4v) is 3.68. The minimum Gasteiger partial charge on any atom is -0.497 e. The zero-order valence-electron chi connectivity index (χ0n) is 14.1. The van der Waals surface area contributed by atoms with Gasteiger partial charge < -0.3 is 9.64 Å². The minimum atomic E-state index is -0.159. The van der Waals surface area contributed by atoms with E-state index in [4.69, 9.17) is 27.9 Å². The molecule has 0 aromatic heterocycles. The second-order valence-electron chi connectivity index (χ2n) is 6.06. The molecule has 1 aliphatic heterocycles. The summed E-state index contributed by atoms with van der Waals surface area (Å²) in [6.07, 6.45) is 2.44. The molecule has 0 saturated carbocycles. The van der Waals surface area contributed by atoms with Crippen LogP contribution in [0.2, 0.25) is 10.0 Å². The molecule has 3 rings (SSSR count). The number of hydrogen-bond acceptors (Lipinski definition) is 2. The van der Waals surface area contributed by atoms with Gasteiger partial charge in [0, 0.05) is 5.56 Å². The lowest BCUT2D eigenvalue weighted by molar-refractivity contribution is 0.0643. The first-order valence-corrected chi connectivity index (χ1v) is 8.80. The molecule has 0 saturated heterocycles. The molecule has 0 fully saturated rings. The van der Waals surface area contributed by atoms with E-state index in [-0.39, 0.29) is 18.0 Å². The molecule has 5 heteroatoms. The van der Waals surface area contributed by atoms with Crippen LogP contribution in [0.1, 0.15) is 46.9 Å². The molecule has 2 aromatic carbocycles. The van der Waals surface area contributed by atoms with Gasteiger partial charge in [-0.15, -0.1) is 6.58 Å². The lowest BCUT2D eigenvalue weighted by atomic mass is 10.0. The van der Waals surface area contributed by atoms with Gasteiger partial charge in [0.05, 0.1) is 29.2 Å². The van der Waals surface area contributed by atoms with E-state index in [1.54, 1.807) is 19.2 Å². The van der Waals surface area contributed by atoms with Crippen LogP contribution in [0.15, 0.2) is 49.1 Å². The van der Waals surface area contributed by atoms with Gasteiger partial charge in [0.2, 0.25) is 0 Å². The molecule has 0 spiro atoms. The van der Waals surface area contributed by atoms with Gasteiger partial charge >= 0.3 is 0 Å². The summed E-state index contributed by atoms with van der Waals surface area (Å²) in [7, 11) is 1.60. The maximum Gasteiger partial charge on any atom is 0.255 e. The number of nitrogens with zero attached hydrogens (tertiary/aromatic N) is 1. The van der Waals surface area contributed by atoms with Crippen molar-refractivity contribution < 1.29 is 9.53 Å². The van der Waals surface area contributed by atoms with Crippen molar-refractivity contribution in [3.63, 3.8) is 0 Å². The highest BCUT2D eigenvalue weighted by Gasteiger charge is 2.38. The number of rotatable bonds is 5. The van der Waals surface area contributed by atoms with Crippen LogP contribution in [0.5, 0.6) is 5.75 Å². The molecule has 25 heavy (non-hydrogen) atoms. The molecule has 130 valence electrons. The van der Waals surface area contributed by atoms with E-state index < -0.39 is 0 Å². The van der Waals surface area contributed by atoms with Crippen LogP contribution < -0.4 is 4.74 Å². The van der Waals surface area contributed by atoms with E-state index in [2.05, 4.69) is 6.58 Å². The van der Waals surface area contributed by atoms with Crippen molar-refractivity contribution >= 4 is 29.1 Å². The number of halogens is 2. The summed E-state index contributed by atoms with van der Waals surface area (Å²) in [5.74, 6) is 0.662. The van der Waals surface area contributed by atoms with Crippen molar-refractivity contribution in [3.8, 4) is 5.75 Å². The van der Waals surface area contributed by atoms with Crippen LogP contribution in [0.3, 0.4) is 0 Å². The van der Waals surface area contributed by atoms with Crippen LogP contribution in [-0.2, 0) is 0 Å². The Hall–Kier alpha value is -1.97. The van der Waals surface area contributed by atoms with Crippen LogP contribution in [0.25, 0.3) is 0 Å². The Labute approximate surface area is 157 Å². The first-order chi connectivity index (χ1) is 12.0. The predicted molar refractivity (Wildman–Crippen MR) is 102 cm³/mol. The maximum absolute atomic E-state index is 13.1. The number of benzene rings is 2. The number of fused-ring (bicyclic) bond motifs is 1. The van der Waals surface area contributed by atoms with Gasteiger partial charge in [-0.25, -0.2) is 0 Å². The number of methoxy groups -OCH3 is 1. The van der Waals surface area contributed by atoms with Gasteiger partial charge in [-0.2, -0.15) is 0 Å². The minimum absolute atomic E-state index is 0.0145. The monoisotopic (exact) mass is 375 g/mol. The summed E-state index contributed by atoms with van der Waals surface area (Å²) >= 11 is 12.2. The molecule has 1 aliphatic rings. The van der Waals surface area contributed by atoms with E-state index in [0.29, 0.717) is 27.8 Å². The highest BCUT2D eigenvalue weighted by atomic mass is 35.5. The van der Waals surface area contributed by atoms with E-state index in [9.17, 15) is 4.79 Å². The molecule has 0 bridgehead atoms. The normalized spacial score (nSPS) is 17.4. The smallest absolute Gasteiger partial charge is 0.255 e. The Morgan fingerprint density at radius 2 is 2.00 bits per heavy atom. The van der Waals surface area contributed by atoms with Gasteiger partial charge in [0.25, 0.3) is 5.91 Å². The molecule has 2 unspecified atom stereocenters. The topological polar surface area (TPSA) is 29.5 Å². The summed E-state index contributed by atoms with van der Waals surface area (Å²) < 4.78 is 5.26. The second kappa shape index (κ2) is 7.11. The molecule has 0 aliphatic carbocycles. The lowest BCUT2D eigenvalue weighted by Crippen LogP contribution is -2.31. The van der Waals surface area contributed by atoms with Crippen LogP contribution in [0, 0.1) is 0 Å². The number of hydrogen-bond donors (Lipinski definition) is 0. The number of carbonyl (C=O) groups is 1. The third-order valence-corrected chi connectivity index (χ3v) is 5.39. The second-order valence-corrected chi connectivity index (χ2v) is 6.87. The molecule has 1 amide bonds. The van der Waals surface area contributed by atoms with Crippen LogP contribution >= 0.6 is 23.2 Å².